The number of hydrogen-bond acceptors (Lipinski definition) is 6. The van der Waals surface area contributed by atoms with Crippen molar-refractivity contribution in [2.24, 2.45) is 0 Å². The maximum absolute atomic E-state index is 12.7. The summed E-state index contributed by atoms with van der Waals surface area (Å²) in [6.07, 6.45) is 0. The first-order valence-corrected chi connectivity index (χ1v) is 12.1. The summed E-state index contributed by atoms with van der Waals surface area (Å²) in [6, 6.07) is 20.0. The highest BCUT2D eigenvalue weighted by molar-refractivity contribution is 7.99. The predicted molar refractivity (Wildman–Crippen MR) is 133 cm³/mol. The molecule has 0 aliphatic heterocycles. The molecule has 2 heterocycles. The lowest BCUT2D eigenvalue weighted by Gasteiger charge is -2.13. The minimum Gasteiger partial charge on any atom is -0.485 e. The first-order valence-electron chi connectivity index (χ1n) is 11.1. The third-order valence-electron chi connectivity index (χ3n) is 5.42. The average molecular weight is 477 g/mol. The lowest BCUT2D eigenvalue weighted by Crippen LogP contribution is -2.13. The van der Waals surface area contributed by atoms with Crippen molar-refractivity contribution in [2.75, 3.05) is 19.5 Å². The van der Waals surface area contributed by atoms with Crippen molar-refractivity contribution >= 4 is 17.5 Å². The van der Waals surface area contributed by atoms with Gasteiger partial charge in [-0.25, -0.2) is 0 Å². The van der Waals surface area contributed by atoms with E-state index >= 15 is 0 Å². The Morgan fingerprint density at radius 2 is 1.82 bits per heavy atom. The molecule has 0 spiro atoms. The number of ketones is 1. The van der Waals surface area contributed by atoms with Crippen LogP contribution in [0.3, 0.4) is 0 Å². The molecular formula is C26H28N4O3S. The quantitative estimate of drug-likeness (QED) is 0.240. The molecule has 0 amide bonds. The number of carbonyl (C=O) groups is 1. The van der Waals surface area contributed by atoms with Crippen LogP contribution in [0, 0.1) is 13.8 Å². The second-order valence-electron chi connectivity index (χ2n) is 7.90. The van der Waals surface area contributed by atoms with Gasteiger partial charge in [-0.2, -0.15) is 0 Å². The van der Waals surface area contributed by atoms with E-state index < -0.39 is 0 Å². The normalized spacial score (nSPS) is 11.0. The number of aromatic amines is 1. The fourth-order valence-corrected chi connectivity index (χ4v) is 4.62. The maximum atomic E-state index is 12.7. The molecule has 0 saturated carbocycles. The van der Waals surface area contributed by atoms with Crippen LogP contribution in [-0.4, -0.2) is 45.0 Å². The van der Waals surface area contributed by atoms with Crippen molar-refractivity contribution in [3.63, 3.8) is 0 Å². The minimum absolute atomic E-state index is 0.0581. The molecule has 0 atom stereocenters. The number of para-hydroxylation sites is 1. The van der Waals surface area contributed by atoms with E-state index in [0.717, 1.165) is 28.3 Å². The molecule has 0 bridgehead atoms. The van der Waals surface area contributed by atoms with Crippen LogP contribution in [0.15, 0.2) is 65.8 Å². The van der Waals surface area contributed by atoms with Crippen LogP contribution >= 0.6 is 11.8 Å². The molecule has 34 heavy (non-hydrogen) atoms. The van der Waals surface area contributed by atoms with Gasteiger partial charge in [0.2, 0.25) is 0 Å². The zero-order valence-electron chi connectivity index (χ0n) is 19.6. The van der Waals surface area contributed by atoms with Crippen LogP contribution in [0.5, 0.6) is 5.75 Å². The Hall–Kier alpha value is -3.36. The Bertz CT molecular complexity index is 1250. The van der Waals surface area contributed by atoms with Crippen molar-refractivity contribution in [3.05, 3.63) is 83.4 Å². The van der Waals surface area contributed by atoms with E-state index in [-0.39, 0.29) is 18.1 Å². The van der Waals surface area contributed by atoms with Gasteiger partial charge in [-0.1, -0.05) is 60.3 Å². The number of methoxy groups -OCH3 is 1. The van der Waals surface area contributed by atoms with Crippen LogP contribution in [-0.2, 0) is 17.9 Å². The Morgan fingerprint density at radius 3 is 2.56 bits per heavy atom. The van der Waals surface area contributed by atoms with Crippen molar-refractivity contribution in [3.8, 4) is 16.9 Å². The lowest BCUT2D eigenvalue weighted by molar-refractivity contribution is 0.102. The van der Waals surface area contributed by atoms with Crippen molar-refractivity contribution in [1.29, 1.82) is 0 Å². The van der Waals surface area contributed by atoms with Crippen molar-refractivity contribution in [1.82, 2.24) is 19.7 Å². The lowest BCUT2D eigenvalue weighted by atomic mass is 10.1. The SMILES string of the molecule is COCCn1c(COc2ccccc2-c2ccccc2)nnc1SCC(=O)c1cc(C)[nH]c1C. The average Bonchev–Trinajstić information content (AvgIpc) is 3.41. The fraction of sp³-hybridized carbons (Fsp3) is 0.269. The van der Waals surface area contributed by atoms with Gasteiger partial charge in [0, 0.05) is 36.2 Å². The van der Waals surface area contributed by atoms with Gasteiger partial charge in [0.15, 0.2) is 16.8 Å². The van der Waals surface area contributed by atoms with Crippen molar-refractivity contribution in [2.45, 2.75) is 32.2 Å². The summed E-state index contributed by atoms with van der Waals surface area (Å²) in [7, 11) is 1.66. The number of carbonyl (C=O) groups excluding carboxylic acids is 1. The van der Waals surface area contributed by atoms with Crippen LogP contribution in [0.1, 0.15) is 27.6 Å². The van der Waals surface area contributed by atoms with Gasteiger partial charge in [0.05, 0.1) is 12.4 Å². The van der Waals surface area contributed by atoms with Crippen LogP contribution < -0.4 is 4.74 Å². The zero-order chi connectivity index (χ0) is 23.9. The second kappa shape index (κ2) is 11.2. The van der Waals surface area contributed by atoms with Crippen LogP contribution in [0.4, 0.5) is 0 Å². The topological polar surface area (TPSA) is 82.0 Å². The van der Waals surface area contributed by atoms with E-state index in [4.69, 9.17) is 9.47 Å². The van der Waals surface area contributed by atoms with Gasteiger partial charge < -0.3 is 19.0 Å². The highest BCUT2D eigenvalue weighted by Gasteiger charge is 2.18. The van der Waals surface area contributed by atoms with Gasteiger partial charge in [-0.3, -0.25) is 4.79 Å². The fourth-order valence-electron chi connectivity index (χ4n) is 3.75. The van der Waals surface area contributed by atoms with Crippen LogP contribution in [0.2, 0.25) is 0 Å². The molecule has 0 radical (unpaired) electrons. The largest absolute Gasteiger partial charge is 0.485 e. The number of hydrogen-bond donors (Lipinski definition) is 1. The highest BCUT2D eigenvalue weighted by atomic mass is 32.2. The molecule has 0 aliphatic carbocycles. The number of benzene rings is 2. The number of nitrogens with one attached hydrogen (secondary N) is 1. The zero-order valence-corrected chi connectivity index (χ0v) is 20.4. The predicted octanol–water partition coefficient (Wildman–Crippen LogP) is 5.09. The summed E-state index contributed by atoms with van der Waals surface area (Å²) < 4.78 is 13.4. The standard InChI is InChI=1S/C26H28N4O3S/c1-18-15-22(19(2)27-18)23(31)17-34-26-29-28-25(30(26)13-14-32-3)16-33-24-12-8-7-11-21(24)20-9-5-4-6-10-20/h4-12,15,27H,13-14,16-17H2,1-3H3. The number of thioether (sulfide) groups is 1. The molecule has 1 N–H and O–H groups in total. The molecule has 0 saturated heterocycles. The monoisotopic (exact) mass is 476 g/mol. The van der Waals surface area contributed by atoms with E-state index in [1.54, 1.807) is 7.11 Å². The summed E-state index contributed by atoms with van der Waals surface area (Å²) >= 11 is 1.38. The maximum Gasteiger partial charge on any atom is 0.191 e. The third-order valence-corrected chi connectivity index (χ3v) is 6.39. The molecule has 8 heteroatoms. The number of nitrogens with zero attached hydrogens (tertiary/aromatic N) is 3. The summed E-state index contributed by atoms with van der Waals surface area (Å²) in [4.78, 5) is 15.9. The van der Waals surface area contributed by atoms with E-state index in [2.05, 4.69) is 27.3 Å². The molecule has 4 aromatic rings. The first-order chi connectivity index (χ1) is 16.6. The van der Waals surface area contributed by atoms with Crippen LogP contribution in [0.25, 0.3) is 11.1 Å². The number of aryl methyl sites for hydroxylation is 2. The van der Waals surface area contributed by atoms with Gasteiger partial charge in [0.25, 0.3) is 0 Å². The highest BCUT2D eigenvalue weighted by Crippen LogP contribution is 2.30. The number of rotatable bonds is 11. The van der Waals surface area contributed by atoms with Gasteiger partial charge in [-0.15, -0.1) is 10.2 Å². The Labute approximate surface area is 203 Å². The van der Waals surface area contributed by atoms with E-state index in [1.165, 1.54) is 11.8 Å². The number of aromatic nitrogens is 4. The Balaban J connectivity index is 1.49. The number of H-pyrrole nitrogens is 1. The van der Waals surface area contributed by atoms with Gasteiger partial charge in [-0.05, 0) is 31.5 Å². The molecule has 0 aliphatic rings. The van der Waals surface area contributed by atoms with E-state index in [0.29, 0.717) is 29.7 Å². The summed E-state index contributed by atoms with van der Waals surface area (Å²) in [5.74, 6) is 1.80. The summed E-state index contributed by atoms with van der Waals surface area (Å²) in [5.41, 5.74) is 4.68. The second-order valence-corrected chi connectivity index (χ2v) is 8.84. The molecule has 2 aromatic carbocycles. The van der Waals surface area contributed by atoms with Gasteiger partial charge in [0.1, 0.15) is 12.4 Å². The molecular weight excluding hydrogens is 448 g/mol. The summed E-state index contributed by atoms with van der Waals surface area (Å²) in [6.45, 7) is 5.19. The third kappa shape index (κ3) is 5.58. The Morgan fingerprint density at radius 1 is 1.06 bits per heavy atom. The van der Waals surface area contributed by atoms with Gasteiger partial charge >= 0.3 is 0 Å². The Kier molecular flexibility index (Phi) is 7.82. The number of ether oxygens (including phenoxy) is 2. The summed E-state index contributed by atoms with van der Waals surface area (Å²) in [5, 5.41) is 9.36. The molecule has 0 fully saturated rings. The van der Waals surface area contributed by atoms with E-state index in [9.17, 15) is 4.79 Å². The minimum atomic E-state index is 0.0581. The van der Waals surface area contributed by atoms with Crippen molar-refractivity contribution < 1.29 is 14.3 Å². The smallest absolute Gasteiger partial charge is 0.191 e. The molecule has 0 unspecified atom stereocenters. The molecule has 7 nitrogen and oxygen atoms in total. The molecule has 2 aromatic heterocycles. The molecule has 176 valence electrons. The number of Topliss-reactive ketones (excluding diaryl/α,β-unsaturated/α-hetero) is 1. The van der Waals surface area contributed by atoms with E-state index in [1.807, 2.05) is 66.9 Å². The first kappa shape index (κ1) is 23.8. The molecule has 4 rings (SSSR count).